The highest BCUT2D eigenvalue weighted by molar-refractivity contribution is 14.1. The Balaban J connectivity index is 3.73. The van der Waals surface area contributed by atoms with Gasteiger partial charge in [0.05, 0.1) is 5.92 Å². The quantitative estimate of drug-likeness (QED) is 0.262. The van der Waals surface area contributed by atoms with Crippen LogP contribution in [0.4, 0.5) is 13.2 Å². The number of halogens is 4. The van der Waals surface area contributed by atoms with E-state index in [0.717, 1.165) is 12.8 Å². The monoisotopic (exact) mass is 364 g/mol. The summed E-state index contributed by atoms with van der Waals surface area (Å²) < 4.78 is 37.7. The molecule has 0 fully saturated rings. The minimum atomic E-state index is -4.02. The molecule has 0 bridgehead atoms. The van der Waals surface area contributed by atoms with Crippen LogP contribution in [0.15, 0.2) is 0 Å². The van der Waals surface area contributed by atoms with Gasteiger partial charge in [0.2, 0.25) is 0 Å². The largest absolute Gasteiger partial charge is 0.392 e. The summed E-state index contributed by atoms with van der Waals surface area (Å²) in [5.41, 5.74) is 0. The fourth-order valence-electron chi connectivity index (χ4n) is 2.01. The van der Waals surface area contributed by atoms with Gasteiger partial charge in [-0.15, -0.1) is 0 Å². The van der Waals surface area contributed by atoms with Crippen LogP contribution in [0, 0.1) is 5.92 Å². The third-order valence-electron chi connectivity index (χ3n) is 3.13. The maximum absolute atomic E-state index is 12.6. The van der Waals surface area contributed by atoms with Crippen molar-refractivity contribution in [3.8, 4) is 0 Å². The molecule has 0 aliphatic carbocycles. The SMILES string of the molecule is CCCCCCCCC(I)C(CC)C(F)(F)F. The molecular weight excluding hydrogens is 340 g/mol. The molecule has 0 radical (unpaired) electrons. The van der Waals surface area contributed by atoms with E-state index in [1.165, 1.54) is 25.7 Å². The predicted molar refractivity (Wildman–Crippen MR) is 75.6 cm³/mol. The van der Waals surface area contributed by atoms with Crippen LogP contribution in [-0.2, 0) is 0 Å². The van der Waals surface area contributed by atoms with E-state index in [-0.39, 0.29) is 10.3 Å². The summed E-state index contributed by atoms with van der Waals surface area (Å²) >= 11 is 1.98. The molecule has 0 rings (SSSR count). The molecule has 4 heteroatoms. The van der Waals surface area contributed by atoms with Crippen molar-refractivity contribution in [1.29, 1.82) is 0 Å². The molecule has 0 aliphatic heterocycles. The number of rotatable bonds is 9. The molecule has 0 nitrogen and oxygen atoms in total. The fraction of sp³-hybridized carbons (Fsp3) is 1.00. The summed E-state index contributed by atoms with van der Waals surface area (Å²) in [7, 11) is 0. The van der Waals surface area contributed by atoms with Gasteiger partial charge in [-0.1, -0.05) is 75.0 Å². The number of hydrogen-bond acceptors (Lipinski definition) is 0. The first-order valence-electron chi connectivity index (χ1n) is 6.64. The zero-order chi connectivity index (χ0) is 13.3. The predicted octanol–water partition coefficient (Wildman–Crippen LogP) is 6.13. The lowest BCUT2D eigenvalue weighted by molar-refractivity contribution is -0.174. The second kappa shape index (κ2) is 9.45. The lowest BCUT2D eigenvalue weighted by Gasteiger charge is -2.23. The Morgan fingerprint density at radius 1 is 0.941 bits per heavy atom. The van der Waals surface area contributed by atoms with Gasteiger partial charge >= 0.3 is 6.18 Å². The summed E-state index contributed by atoms with van der Waals surface area (Å²) in [6, 6.07) is 0. The van der Waals surface area contributed by atoms with E-state index >= 15 is 0 Å². The molecule has 0 heterocycles. The van der Waals surface area contributed by atoms with Gasteiger partial charge in [-0.2, -0.15) is 13.2 Å². The van der Waals surface area contributed by atoms with E-state index in [9.17, 15) is 13.2 Å². The van der Waals surface area contributed by atoms with E-state index in [1.807, 2.05) is 22.6 Å². The van der Waals surface area contributed by atoms with E-state index in [4.69, 9.17) is 0 Å². The minimum absolute atomic E-state index is 0.201. The Morgan fingerprint density at radius 2 is 1.47 bits per heavy atom. The van der Waals surface area contributed by atoms with E-state index < -0.39 is 12.1 Å². The lowest BCUT2D eigenvalue weighted by Crippen LogP contribution is -2.30. The van der Waals surface area contributed by atoms with Crippen LogP contribution >= 0.6 is 22.6 Å². The van der Waals surface area contributed by atoms with Crippen molar-refractivity contribution in [2.24, 2.45) is 5.92 Å². The van der Waals surface area contributed by atoms with Gasteiger partial charge in [0.15, 0.2) is 0 Å². The van der Waals surface area contributed by atoms with Crippen LogP contribution in [-0.4, -0.2) is 10.1 Å². The molecule has 17 heavy (non-hydrogen) atoms. The van der Waals surface area contributed by atoms with Gasteiger partial charge in [-0.3, -0.25) is 0 Å². The van der Waals surface area contributed by atoms with E-state index in [2.05, 4.69) is 6.92 Å². The number of unbranched alkanes of at least 4 members (excludes halogenated alkanes) is 5. The minimum Gasteiger partial charge on any atom is -0.171 e. The summed E-state index contributed by atoms with van der Waals surface area (Å²) in [6.07, 6.45) is 3.73. The molecular formula is C13H24F3I. The number of alkyl halides is 4. The maximum Gasteiger partial charge on any atom is 0.392 e. The first kappa shape index (κ1) is 17.5. The summed E-state index contributed by atoms with van der Waals surface area (Å²) in [5, 5.41) is 0. The molecule has 0 amide bonds. The van der Waals surface area contributed by atoms with Crippen LogP contribution in [0.2, 0.25) is 0 Å². The van der Waals surface area contributed by atoms with Gasteiger partial charge in [0.1, 0.15) is 0 Å². The molecule has 0 aromatic heterocycles. The van der Waals surface area contributed by atoms with Crippen molar-refractivity contribution in [2.45, 2.75) is 75.3 Å². The zero-order valence-electron chi connectivity index (χ0n) is 10.8. The highest BCUT2D eigenvalue weighted by Gasteiger charge is 2.41. The zero-order valence-corrected chi connectivity index (χ0v) is 13.0. The normalized spacial score (nSPS) is 15.9. The highest BCUT2D eigenvalue weighted by atomic mass is 127. The van der Waals surface area contributed by atoms with Crippen LogP contribution in [0.5, 0.6) is 0 Å². The molecule has 0 aromatic rings. The van der Waals surface area contributed by atoms with Crippen LogP contribution in [0.25, 0.3) is 0 Å². The second-order valence-corrected chi connectivity index (χ2v) is 6.23. The van der Waals surface area contributed by atoms with Crippen LogP contribution < -0.4 is 0 Å². The molecule has 0 saturated heterocycles. The Morgan fingerprint density at radius 3 is 1.94 bits per heavy atom. The smallest absolute Gasteiger partial charge is 0.171 e. The van der Waals surface area contributed by atoms with Gasteiger partial charge in [-0.25, -0.2) is 0 Å². The summed E-state index contributed by atoms with van der Waals surface area (Å²) in [4.78, 5) is 0. The van der Waals surface area contributed by atoms with Crippen molar-refractivity contribution in [2.75, 3.05) is 0 Å². The Bertz CT molecular complexity index is 180. The van der Waals surface area contributed by atoms with Crippen molar-refractivity contribution >= 4 is 22.6 Å². The maximum atomic E-state index is 12.6. The first-order chi connectivity index (χ1) is 7.93. The van der Waals surface area contributed by atoms with Crippen LogP contribution in [0.1, 0.15) is 65.2 Å². The van der Waals surface area contributed by atoms with Crippen molar-refractivity contribution < 1.29 is 13.2 Å². The topological polar surface area (TPSA) is 0 Å². The summed E-state index contributed by atoms with van der Waals surface area (Å²) in [5.74, 6) is -1.13. The van der Waals surface area contributed by atoms with Crippen molar-refractivity contribution in [3.05, 3.63) is 0 Å². The molecule has 0 aliphatic rings. The highest BCUT2D eigenvalue weighted by Crippen LogP contribution is 2.36. The molecule has 0 spiro atoms. The summed E-state index contributed by atoms with van der Waals surface area (Å²) in [6.45, 7) is 3.79. The average molecular weight is 364 g/mol. The van der Waals surface area contributed by atoms with Crippen molar-refractivity contribution in [1.82, 2.24) is 0 Å². The fourth-order valence-corrected chi connectivity index (χ4v) is 3.37. The lowest BCUT2D eigenvalue weighted by atomic mass is 9.97. The van der Waals surface area contributed by atoms with Crippen molar-refractivity contribution in [3.63, 3.8) is 0 Å². The Hall–Kier alpha value is 0.520. The molecule has 2 atom stereocenters. The third kappa shape index (κ3) is 8.27. The molecule has 0 aromatic carbocycles. The molecule has 2 unspecified atom stereocenters. The standard InChI is InChI=1S/C13H24F3I/c1-3-5-6-7-8-9-10-12(17)11(4-2)13(14,15)16/h11-12H,3-10H2,1-2H3. The molecule has 104 valence electrons. The van der Waals surface area contributed by atoms with Gasteiger partial charge in [0.25, 0.3) is 0 Å². The molecule has 0 N–H and O–H groups in total. The van der Waals surface area contributed by atoms with E-state index in [0.29, 0.717) is 6.42 Å². The number of hydrogen-bond donors (Lipinski definition) is 0. The van der Waals surface area contributed by atoms with Gasteiger partial charge in [-0.05, 0) is 12.8 Å². The molecule has 0 saturated carbocycles. The first-order valence-corrected chi connectivity index (χ1v) is 7.88. The Kier molecular flexibility index (Phi) is 9.74. The Labute approximate surface area is 117 Å². The third-order valence-corrected chi connectivity index (χ3v) is 4.62. The van der Waals surface area contributed by atoms with E-state index in [1.54, 1.807) is 6.92 Å². The van der Waals surface area contributed by atoms with Crippen LogP contribution in [0.3, 0.4) is 0 Å². The van der Waals surface area contributed by atoms with Gasteiger partial charge in [0, 0.05) is 3.92 Å². The average Bonchev–Trinajstić information content (AvgIpc) is 2.22. The van der Waals surface area contributed by atoms with Gasteiger partial charge < -0.3 is 0 Å². The second-order valence-electron chi connectivity index (χ2n) is 4.63.